The minimum absolute atomic E-state index is 0.568. The van der Waals surface area contributed by atoms with E-state index in [-0.39, 0.29) is 0 Å². The number of benzene rings is 1. The maximum Gasteiger partial charge on any atom is 0.0731 e. The van der Waals surface area contributed by atoms with Gasteiger partial charge in [0, 0.05) is 18.9 Å². The normalized spacial score (nSPS) is 26.9. The molecule has 1 fully saturated rings. The zero-order valence-corrected chi connectivity index (χ0v) is 13.2. The molecule has 21 heavy (non-hydrogen) atoms. The highest BCUT2D eigenvalue weighted by molar-refractivity contribution is 5.81. The summed E-state index contributed by atoms with van der Waals surface area (Å²) >= 11 is 0. The molecule has 114 valence electrons. The van der Waals surface area contributed by atoms with Crippen molar-refractivity contribution >= 4 is 10.9 Å². The molecular formula is C18H26N2O. The van der Waals surface area contributed by atoms with Crippen molar-refractivity contribution in [1.29, 1.82) is 0 Å². The third kappa shape index (κ3) is 2.98. The van der Waals surface area contributed by atoms with Crippen LogP contribution in [0.3, 0.4) is 0 Å². The van der Waals surface area contributed by atoms with Crippen molar-refractivity contribution in [2.75, 3.05) is 0 Å². The third-order valence-electron chi connectivity index (χ3n) is 5.18. The second-order valence-electron chi connectivity index (χ2n) is 6.69. The van der Waals surface area contributed by atoms with E-state index in [0.717, 1.165) is 42.8 Å². The van der Waals surface area contributed by atoms with Gasteiger partial charge in [-0.25, -0.2) is 0 Å². The first-order chi connectivity index (χ1) is 10.1. The van der Waals surface area contributed by atoms with Crippen LogP contribution in [0.5, 0.6) is 0 Å². The Kier molecular flexibility index (Phi) is 4.03. The SMILES string of the molecule is CCC1CCCC(O)(Cc2nn(C)c3ccccc23)CC1. The van der Waals surface area contributed by atoms with Crippen molar-refractivity contribution in [1.82, 2.24) is 9.78 Å². The van der Waals surface area contributed by atoms with Gasteiger partial charge in [-0.2, -0.15) is 5.10 Å². The van der Waals surface area contributed by atoms with E-state index in [4.69, 9.17) is 0 Å². The van der Waals surface area contributed by atoms with Gasteiger partial charge in [0.1, 0.15) is 0 Å². The first-order valence-corrected chi connectivity index (χ1v) is 8.24. The number of rotatable bonds is 3. The summed E-state index contributed by atoms with van der Waals surface area (Å²) in [4.78, 5) is 0. The Morgan fingerprint density at radius 3 is 2.90 bits per heavy atom. The fourth-order valence-corrected chi connectivity index (χ4v) is 3.78. The summed E-state index contributed by atoms with van der Waals surface area (Å²) in [6, 6.07) is 8.31. The van der Waals surface area contributed by atoms with Crippen molar-refractivity contribution in [3.05, 3.63) is 30.0 Å². The van der Waals surface area contributed by atoms with Crippen LogP contribution in [0.1, 0.15) is 51.1 Å². The number of fused-ring (bicyclic) bond motifs is 1. The lowest BCUT2D eigenvalue weighted by molar-refractivity contribution is 0.0234. The average Bonchev–Trinajstić information content (AvgIpc) is 2.67. The van der Waals surface area contributed by atoms with Gasteiger partial charge in [-0.3, -0.25) is 4.68 Å². The van der Waals surface area contributed by atoms with Gasteiger partial charge < -0.3 is 5.11 Å². The number of hydrogen-bond acceptors (Lipinski definition) is 2. The van der Waals surface area contributed by atoms with Crippen LogP contribution >= 0.6 is 0 Å². The number of aliphatic hydroxyl groups is 1. The van der Waals surface area contributed by atoms with Crippen LogP contribution in [-0.2, 0) is 13.5 Å². The Balaban J connectivity index is 1.84. The molecule has 1 aromatic carbocycles. The van der Waals surface area contributed by atoms with Crippen LogP contribution in [0.15, 0.2) is 24.3 Å². The molecule has 3 rings (SSSR count). The van der Waals surface area contributed by atoms with Gasteiger partial charge in [0.05, 0.1) is 16.8 Å². The molecule has 1 aromatic heterocycles. The average molecular weight is 286 g/mol. The lowest BCUT2D eigenvalue weighted by atomic mass is 9.88. The maximum atomic E-state index is 11.0. The Labute approximate surface area is 127 Å². The predicted molar refractivity (Wildman–Crippen MR) is 86.2 cm³/mol. The van der Waals surface area contributed by atoms with E-state index in [2.05, 4.69) is 30.2 Å². The standard InChI is InChI=1S/C18H26N2O/c1-3-14-7-6-11-18(21,12-10-14)13-16-15-8-4-5-9-17(15)20(2)19-16/h4-5,8-9,14,21H,3,6-7,10-13H2,1-2H3. The number of aromatic nitrogens is 2. The largest absolute Gasteiger partial charge is 0.389 e. The predicted octanol–water partition coefficient (Wildman–Crippen LogP) is 3.84. The van der Waals surface area contributed by atoms with E-state index in [0.29, 0.717) is 6.42 Å². The molecule has 3 nitrogen and oxygen atoms in total. The molecule has 1 aliphatic carbocycles. The molecule has 0 aliphatic heterocycles. The van der Waals surface area contributed by atoms with E-state index in [1.807, 2.05) is 17.8 Å². The van der Waals surface area contributed by atoms with Crippen LogP contribution in [0.25, 0.3) is 10.9 Å². The second kappa shape index (κ2) is 5.80. The fraction of sp³-hybridized carbons (Fsp3) is 0.611. The highest BCUT2D eigenvalue weighted by Crippen LogP contribution is 2.35. The van der Waals surface area contributed by atoms with E-state index < -0.39 is 5.60 Å². The van der Waals surface area contributed by atoms with Crippen LogP contribution < -0.4 is 0 Å². The Morgan fingerprint density at radius 2 is 2.10 bits per heavy atom. The molecule has 0 saturated heterocycles. The quantitative estimate of drug-likeness (QED) is 0.871. The lowest BCUT2D eigenvalue weighted by Gasteiger charge is -2.26. The summed E-state index contributed by atoms with van der Waals surface area (Å²) < 4.78 is 1.93. The topological polar surface area (TPSA) is 38.1 Å². The zero-order valence-electron chi connectivity index (χ0n) is 13.2. The fourth-order valence-electron chi connectivity index (χ4n) is 3.78. The van der Waals surface area contributed by atoms with Gasteiger partial charge >= 0.3 is 0 Å². The van der Waals surface area contributed by atoms with Crippen molar-refractivity contribution in [3.63, 3.8) is 0 Å². The van der Waals surface area contributed by atoms with Gasteiger partial charge in [-0.05, 0) is 31.2 Å². The first kappa shape index (κ1) is 14.6. The van der Waals surface area contributed by atoms with Crippen molar-refractivity contribution < 1.29 is 5.11 Å². The van der Waals surface area contributed by atoms with E-state index in [1.54, 1.807) is 0 Å². The summed E-state index contributed by atoms with van der Waals surface area (Å²) in [6.45, 7) is 2.27. The molecule has 0 spiro atoms. The van der Waals surface area contributed by atoms with Crippen molar-refractivity contribution in [3.8, 4) is 0 Å². The maximum absolute atomic E-state index is 11.0. The zero-order chi connectivity index (χ0) is 14.9. The summed E-state index contributed by atoms with van der Waals surface area (Å²) in [5.41, 5.74) is 1.63. The second-order valence-corrected chi connectivity index (χ2v) is 6.69. The Bertz CT molecular complexity index is 619. The number of nitrogens with zero attached hydrogens (tertiary/aromatic N) is 2. The molecule has 2 unspecified atom stereocenters. The number of aryl methyl sites for hydroxylation is 1. The Hall–Kier alpha value is -1.35. The van der Waals surface area contributed by atoms with Gasteiger partial charge in [0.2, 0.25) is 0 Å². The molecule has 1 heterocycles. The summed E-state index contributed by atoms with van der Waals surface area (Å²) in [5, 5.41) is 16.9. The van der Waals surface area contributed by atoms with E-state index in [9.17, 15) is 5.11 Å². The van der Waals surface area contributed by atoms with Gasteiger partial charge in [0.25, 0.3) is 0 Å². The molecule has 0 bridgehead atoms. The summed E-state index contributed by atoms with van der Waals surface area (Å²) in [5.74, 6) is 0.791. The molecular weight excluding hydrogens is 260 g/mol. The minimum Gasteiger partial charge on any atom is -0.389 e. The summed E-state index contributed by atoms with van der Waals surface area (Å²) in [7, 11) is 1.98. The third-order valence-corrected chi connectivity index (χ3v) is 5.18. The molecule has 1 aliphatic rings. The highest BCUT2D eigenvalue weighted by atomic mass is 16.3. The number of hydrogen-bond donors (Lipinski definition) is 1. The lowest BCUT2D eigenvalue weighted by Crippen LogP contribution is -2.31. The monoisotopic (exact) mass is 286 g/mol. The number of para-hydroxylation sites is 1. The Morgan fingerprint density at radius 1 is 1.29 bits per heavy atom. The summed E-state index contributed by atoms with van der Waals surface area (Å²) in [6.07, 6.45) is 7.30. The molecule has 3 heteroatoms. The minimum atomic E-state index is -0.568. The molecule has 0 radical (unpaired) electrons. The smallest absolute Gasteiger partial charge is 0.0731 e. The molecule has 1 saturated carbocycles. The van der Waals surface area contributed by atoms with E-state index in [1.165, 1.54) is 18.2 Å². The highest BCUT2D eigenvalue weighted by Gasteiger charge is 2.32. The van der Waals surface area contributed by atoms with Crippen LogP contribution in [0, 0.1) is 5.92 Å². The van der Waals surface area contributed by atoms with Gasteiger partial charge in [-0.1, -0.05) is 44.4 Å². The van der Waals surface area contributed by atoms with Gasteiger partial charge in [-0.15, -0.1) is 0 Å². The van der Waals surface area contributed by atoms with Crippen LogP contribution in [0.4, 0.5) is 0 Å². The molecule has 2 aromatic rings. The molecule has 1 N–H and O–H groups in total. The first-order valence-electron chi connectivity index (χ1n) is 8.24. The van der Waals surface area contributed by atoms with Crippen molar-refractivity contribution in [2.24, 2.45) is 13.0 Å². The van der Waals surface area contributed by atoms with Crippen LogP contribution in [0.2, 0.25) is 0 Å². The molecule has 2 atom stereocenters. The van der Waals surface area contributed by atoms with Crippen LogP contribution in [-0.4, -0.2) is 20.5 Å². The van der Waals surface area contributed by atoms with Crippen molar-refractivity contribution in [2.45, 2.75) is 57.5 Å². The molecule has 0 amide bonds. The van der Waals surface area contributed by atoms with E-state index >= 15 is 0 Å². The van der Waals surface area contributed by atoms with Gasteiger partial charge in [0.15, 0.2) is 0 Å².